The Morgan fingerprint density at radius 3 is 1.65 bits per heavy atom. The van der Waals surface area contributed by atoms with E-state index in [0.717, 1.165) is 0 Å². The van der Waals surface area contributed by atoms with Gasteiger partial charge in [0.1, 0.15) is 0 Å². The van der Waals surface area contributed by atoms with Gasteiger partial charge in [-0.25, -0.2) is 0 Å². The Labute approximate surface area is 140 Å². The molecule has 1 rings (SSSR count). The predicted molar refractivity (Wildman–Crippen MR) is 86.7 cm³/mol. The summed E-state index contributed by atoms with van der Waals surface area (Å²) in [5, 5.41) is 1.44. The third-order valence-corrected chi connectivity index (χ3v) is 7.41. The lowest BCUT2D eigenvalue weighted by atomic mass is 10.3. The molecule has 20 heavy (non-hydrogen) atoms. The van der Waals surface area contributed by atoms with Gasteiger partial charge in [0.25, 0.3) is 0 Å². The van der Waals surface area contributed by atoms with Gasteiger partial charge in [-0.3, -0.25) is 0 Å². The molecule has 3 nitrogen and oxygen atoms in total. The average molecular weight is 378 g/mol. The van der Waals surface area contributed by atoms with Crippen molar-refractivity contribution in [1.82, 2.24) is 0 Å². The molecule has 0 heterocycles. The van der Waals surface area contributed by atoms with Crippen LogP contribution in [0.25, 0.3) is 0 Å². The fourth-order valence-corrected chi connectivity index (χ4v) is 5.62. The van der Waals surface area contributed by atoms with Crippen LogP contribution in [-0.4, -0.2) is 28.6 Å². The van der Waals surface area contributed by atoms with Gasteiger partial charge in [-0.1, -0.05) is 46.4 Å². The summed E-state index contributed by atoms with van der Waals surface area (Å²) in [7, 11) is -3.16. The zero-order chi connectivity index (χ0) is 15.3. The maximum atomic E-state index is 6.28. The van der Waals surface area contributed by atoms with Crippen LogP contribution in [0.3, 0.4) is 0 Å². The summed E-state index contributed by atoms with van der Waals surface area (Å²) in [6.07, 6.45) is 0. The van der Waals surface area contributed by atoms with E-state index in [9.17, 15) is 0 Å². The van der Waals surface area contributed by atoms with E-state index >= 15 is 0 Å². The lowest BCUT2D eigenvalue weighted by molar-refractivity contribution is 0.0859. The molecule has 1 aromatic rings. The second-order valence-corrected chi connectivity index (χ2v) is 7.76. The molecule has 0 fully saturated rings. The van der Waals surface area contributed by atoms with Crippen molar-refractivity contribution < 1.29 is 13.3 Å². The summed E-state index contributed by atoms with van der Waals surface area (Å²) in [5.74, 6) is 0. The van der Waals surface area contributed by atoms with E-state index in [1.807, 2.05) is 20.8 Å². The lowest BCUT2D eigenvalue weighted by Crippen LogP contribution is -2.57. The smallest absolute Gasteiger partial charge is 0.370 e. The van der Waals surface area contributed by atoms with Crippen molar-refractivity contribution in [3.05, 3.63) is 26.2 Å². The number of hydrogen-bond donors (Lipinski definition) is 0. The van der Waals surface area contributed by atoms with Gasteiger partial charge in [-0.15, -0.1) is 0 Å². The monoisotopic (exact) mass is 376 g/mol. The van der Waals surface area contributed by atoms with Gasteiger partial charge in [-0.05, 0) is 26.8 Å². The third-order valence-electron chi connectivity index (χ3n) is 2.44. The van der Waals surface area contributed by atoms with E-state index in [-0.39, 0.29) is 20.1 Å². The number of rotatable bonds is 7. The van der Waals surface area contributed by atoms with Gasteiger partial charge >= 0.3 is 8.80 Å². The van der Waals surface area contributed by atoms with Crippen LogP contribution >= 0.6 is 46.4 Å². The molecule has 0 spiro atoms. The van der Waals surface area contributed by atoms with Crippen molar-refractivity contribution in [2.24, 2.45) is 0 Å². The number of halogens is 4. The number of benzene rings is 1. The van der Waals surface area contributed by atoms with Crippen molar-refractivity contribution in [2.75, 3.05) is 19.8 Å². The van der Waals surface area contributed by atoms with E-state index in [1.165, 1.54) is 0 Å². The highest BCUT2D eigenvalue weighted by molar-refractivity contribution is 6.78. The Balaban J connectivity index is 3.46. The quantitative estimate of drug-likeness (QED) is 0.396. The summed E-state index contributed by atoms with van der Waals surface area (Å²) in [6.45, 7) is 6.81. The summed E-state index contributed by atoms with van der Waals surface area (Å²) in [5.41, 5.74) is 0. The first-order valence-corrected chi connectivity index (χ1v) is 9.42. The Bertz CT molecular complexity index is 453. The normalized spacial score (nSPS) is 11.9. The van der Waals surface area contributed by atoms with Gasteiger partial charge in [-0.2, -0.15) is 0 Å². The van der Waals surface area contributed by atoms with Crippen LogP contribution in [0.4, 0.5) is 0 Å². The van der Waals surface area contributed by atoms with Crippen molar-refractivity contribution in [3.8, 4) is 0 Å². The Kier molecular flexibility index (Phi) is 7.60. The van der Waals surface area contributed by atoms with E-state index in [1.54, 1.807) is 6.07 Å². The molecular formula is C12H16Cl4O3Si. The van der Waals surface area contributed by atoms with E-state index < -0.39 is 8.80 Å². The van der Waals surface area contributed by atoms with Crippen LogP contribution in [0.15, 0.2) is 6.07 Å². The summed E-state index contributed by atoms with van der Waals surface area (Å²) < 4.78 is 17.3. The molecular weight excluding hydrogens is 362 g/mol. The molecule has 0 aromatic heterocycles. The van der Waals surface area contributed by atoms with Crippen molar-refractivity contribution >= 4 is 60.4 Å². The first-order chi connectivity index (χ1) is 9.43. The highest BCUT2D eigenvalue weighted by atomic mass is 35.5. The summed E-state index contributed by atoms with van der Waals surface area (Å²) in [4.78, 5) is 0. The van der Waals surface area contributed by atoms with Crippen LogP contribution in [0.2, 0.25) is 20.1 Å². The summed E-state index contributed by atoms with van der Waals surface area (Å²) in [6, 6.07) is 1.60. The highest BCUT2D eigenvalue weighted by Crippen LogP contribution is 2.36. The lowest BCUT2D eigenvalue weighted by Gasteiger charge is -2.29. The predicted octanol–water partition coefficient (Wildman–Crippen LogP) is 4.56. The standard InChI is InChI=1S/C12H16Cl4O3Si/c1-4-17-20(18-5-2,19-6-3)9-7-8(13)10(14)12(16)11(9)15/h7H,4-6H2,1-3H3. The second-order valence-electron chi connectivity index (χ2n) is 3.70. The molecule has 114 valence electrons. The maximum Gasteiger partial charge on any atom is 0.538 e. The molecule has 0 saturated carbocycles. The molecule has 0 atom stereocenters. The first-order valence-electron chi connectivity index (χ1n) is 6.18. The van der Waals surface area contributed by atoms with Gasteiger partial charge in [0.2, 0.25) is 0 Å². The van der Waals surface area contributed by atoms with Gasteiger partial charge in [0.05, 0.1) is 20.1 Å². The van der Waals surface area contributed by atoms with E-state index in [0.29, 0.717) is 25.0 Å². The van der Waals surface area contributed by atoms with Crippen LogP contribution in [0.1, 0.15) is 20.8 Å². The molecule has 0 saturated heterocycles. The minimum absolute atomic E-state index is 0.173. The average Bonchev–Trinajstić information content (AvgIpc) is 2.41. The van der Waals surface area contributed by atoms with Gasteiger partial charge in [0.15, 0.2) is 0 Å². The zero-order valence-corrected chi connectivity index (χ0v) is 15.5. The second kappa shape index (κ2) is 8.20. The minimum Gasteiger partial charge on any atom is -0.370 e. The van der Waals surface area contributed by atoms with E-state index in [2.05, 4.69) is 0 Å². The van der Waals surface area contributed by atoms with Gasteiger partial charge in [0, 0.05) is 25.0 Å². The third kappa shape index (κ3) is 3.81. The van der Waals surface area contributed by atoms with Crippen molar-refractivity contribution in [1.29, 1.82) is 0 Å². The molecule has 1 aromatic carbocycles. The molecule has 0 N–H and O–H groups in total. The Hall–Kier alpha value is 0.477. The molecule has 0 aliphatic rings. The van der Waals surface area contributed by atoms with Crippen LogP contribution < -0.4 is 5.19 Å². The van der Waals surface area contributed by atoms with Crippen molar-refractivity contribution in [3.63, 3.8) is 0 Å². The maximum absolute atomic E-state index is 6.28. The van der Waals surface area contributed by atoms with Crippen LogP contribution in [0, 0.1) is 0 Å². The first kappa shape index (κ1) is 18.5. The summed E-state index contributed by atoms with van der Waals surface area (Å²) >= 11 is 24.4. The molecule has 0 unspecified atom stereocenters. The minimum atomic E-state index is -3.16. The largest absolute Gasteiger partial charge is 0.538 e. The molecule has 0 aliphatic carbocycles. The van der Waals surface area contributed by atoms with Gasteiger partial charge < -0.3 is 13.3 Å². The van der Waals surface area contributed by atoms with Crippen LogP contribution in [0.5, 0.6) is 0 Å². The zero-order valence-electron chi connectivity index (χ0n) is 11.4. The molecule has 0 radical (unpaired) electrons. The fraction of sp³-hybridized carbons (Fsp3) is 0.500. The van der Waals surface area contributed by atoms with E-state index in [4.69, 9.17) is 59.7 Å². The SMILES string of the molecule is CCO[Si](OCC)(OCC)c1cc(Cl)c(Cl)c(Cl)c1Cl. The molecule has 0 bridgehead atoms. The van der Waals surface area contributed by atoms with Crippen LogP contribution in [-0.2, 0) is 13.3 Å². The molecule has 0 amide bonds. The highest BCUT2D eigenvalue weighted by Gasteiger charge is 2.46. The molecule has 8 heteroatoms. The number of hydrogen-bond acceptors (Lipinski definition) is 3. The Morgan fingerprint density at radius 1 is 0.800 bits per heavy atom. The Morgan fingerprint density at radius 2 is 1.25 bits per heavy atom. The fourth-order valence-electron chi connectivity index (χ4n) is 1.72. The topological polar surface area (TPSA) is 27.7 Å². The molecule has 0 aliphatic heterocycles. The van der Waals surface area contributed by atoms with Crippen molar-refractivity contribution in [2.45, 2.75) is 20.8 Å².